The van der Waals surface area contributed by atoms with Crippen LogP contribution in [-0.2, 0) is 14.2 Å². The van der Waals surface area contributed by atoms with E-state index in [-0.39, 0.29) is 18.3 Å². The van der Waals surface area contributed by atoms with Gasteiger partial charge in [-0.3, -0.25) is 0 Å². The first-order valence-corrected chi connectivity index (χ1v) is 4.92. The monoisotopic (exact) mass is 214 g/mol. The Morgan fingerprint density at radius 1 is 1.53 bits per heavy atom. The molecule has 0 radical (unpaired) electrons. The van der Waals surface area contributed by atoms with Gasteiger partial charge in [-0.2, -0.15) is 0 Å². The topological polar surface area (TPSA) is 65.0 Å². The van der Waals surface area contributed by atoms with Crippen molar-refractivity contribution in [1.29, 1.82) is 0 Å². The lowest BCUT2D eigenvalue weighted by atomic mass is 10.3. The lowest BCUT2D eigenvalue weighted by molar-refractivity contribution is -0.114. The van der Waals surface area contributed by atoms with Gasteiger partial charge in [-0.05, 0) is 12.5 Å². The molecule has 0 spiro atoms. The molecule has 0 aromatic carbocycles. The van der Waals surface area contributed by atoms with Crippen LogP contribution in [0.5, 0.6) is 0 Å². The molecule has 5 heteroatoms. The fraction of sp³-hybridized carbons (Fsp3) is 0.700. The summed E-state index contributed by atoms with van der Waals surface area (Å²) in [5, 5.41) is 9.43. The Kier molecular flexibility index (Phi) is 2.67. The zero-order chi connectivity index (χ0) is 11.0. The van der Waals surface area contributed by atoms with Crippen LogP contribution >= 0.6 is 0 Å². The zero-order valence-electron chi connectivity index (χ0n) is 8.51. The van der Waals surface area contributed by atoms with Crippen molar-refractivity contribution in [3.8, 4) is 0 Å². The van der Waals surface area contributed by atoms with E-state index in [1.165, 1.54) is 0 Å². The van der Waals surface area contributed by atoms with Crippen LogP contribution in [0.4, 0.5) is 4.79 Å². The SMILES string of the molecule is C=C(C)C(O)OC1CC2OC(=O)OC2C1. The number of hydrogen-bond donors (Lipinski definition) is 1. The van der Waals surface area contributed by atoms with Gasteiger partial charge >= 0.3 is 6.16 Å². The predicted octanol–water partition coefficient (Wildman–Crippen LogP) is 0.964. The van der Waals surface area contributed by atoms with Gasteiger partial charge in [0.25, 0.3) is 0 Å². The molecule has 1 saturated heterocycles. The number of ether oxygens (including phenoxy) is 3. The van der Waals surface area contributed by atoms with Gasteiger partial charge in [0.1, 0.15) is 12.2 Å². The first kappa shape index (κ1) is 10.4. The lowest BCUT2D eigenvalue weighted by Gasteiger charge is -2.17. The largest absolute Gasteiger partial charge is 0.509 e. The van der Waals surface area contributed by atoms with Gasteiger partial charge < -0.3 is 19.3 Å². The average Bonchev–Trinajstić information content (AvgIpc) is 2.60. The minimum atomic E-state index is -0.954. The van der Waals surface area contributed by atoms with Gasteiger partial charge in [-0.15, -0.1) is 0 Å². The number of carbonyl (C=O) groups excluding carboxylic acids is 1. The van der Waals surface area contributed by atoms with Crippen molar-refractivity contribution >= 4 is 6.16 Å². The summed E-state index contributed by atoms with van der Waals surface area (Å²) >= 11 is 0. The highest BCUT2D eigenvalue weighted by Crippen LogP contribution is 2.33. The molecule has 2 fully saturated rings. The number of rotatable bonds is 3. The van der Waals surface area contributed by atoms with Gasteiger partial charge in [0.2, 0.25) is 0 Å². The van der Waals surface area contributed by atoms with E-state index in [2.05, 4.69) is 6.58 Å². The maximum atomic E-state index is 10.7. The molecule has 84 valence electrons. The van der Waals surface area contributed by atoms with E-state index in [4.69, 9.17) is 14.2 Å². The molecule has 3 unspecified atom stereocenters. The van der Waals surface area contributed by atoms with Crippen molar-refractivity contribution < 1.29 is 24.1 Å². The molecule has 0 aromatic heterocycles. The van der Waals surface area contributed by atoms with Crippen LogP contribution in [0.2, 0.25) is 0 Å². The lowest BCUT2D eigenvalue weighted by Crippen LogP contribution is -2.22. The quantitative estimate of drug-likeness (QED) is 0.430. The van der Waals surface area contributed by atoms with Crippen LogP contribution in [0.1, 0.15) is 19.8 Å². The van der Waals surface area contributed by atoms with Crippen molar-refractivity contribution in [2.24, 2.45) is 0 Å². The van der Waals surface area contributed by atoms with Crippen molar-refractivity contribution in [2.45, 2.75) is 44.4 Å². The second-order valence-corrected chi connectivity index (χ2v) is 3.99. The van der Waals surface area contributed by atoms with Crippen LogP contribution in [0.25, 0.3) is 0 Å². The molecule has 15 heavy (non-hydrogen) atoms. The summed E-state index contributed by atoms with van der Waals surface area (Å²) < 4.78 is 15.2. The minimum Gasteiger partial charge on any atom is -0.427 e. The Labute approximate surface area is 87.6 Å². The van der Waals surface area contributed by atoms with Gasteiger partial charge in [-0.1, -0.05) is 6.58 Å². The Bertz CT molecular complexity index is 272. The van der Waals surface area contributed by atoms with E-state index in [1.54, 1.807) is 6.92 Å². The first-order valence-electron chi connectivity index (χ1n) is 4.92. The third-order valence-electron chi connectivity index (χ3n) is 2.64. The molecule has 2 rings (SSSR count). The summed E-state index contributed by atoms with van der Waals surface area (Å²) in [7, 11) is 0. The van der Waals surface area contributed by atoms with E-state index < -0.39 is 12.4 Å². The Morgan fingerprint density at radius 2 is 2.07 bits per heavy atom. The number of carbonyl (C=O) groups is 1. The van der Waals surface area contributed by atoms with E-state index >= 15 is 0 Å². The standard InChI is InChI=1S/C10H14O5/c1-5(2)9(11)13-6-3-7-8(4-6)15-10(12)14-7/h6-9,11H,1,3-4H2,2H3. The highest BCUT2D eigenvalue weighted by molar-refractivity contribution is 5.62. The number of aliphatic hydroxyl groups is 1. The molecule has 5 nitrogen and oxygen atoms in total. The average molecular weight is 214 g/mol. The fourth-order valence-electron chi connectivity index (χ4n) is 1.85. The maximum Gasteiger partial charge on any atom is 0.509 e. The summed E-state index contributed by atoms with van der Waals surface area (Å²) in [6, 6.07) is 0. The molecule has 3 atom stereocenters. The van der Waals surface area contributed by atoms with Crippen molar-refractivity contribution in [3.63, 3.8) is 0 Å². The Morgan fingerprint density at radius 3 is 2.53 bits per heavy atom. The second kappa shape index (κ2) is 3.83. The molecule has 1 aliphatic heterocycles. The van der Waals surface area contributed by atoms with Crippen LogP contribution in [0.3, 0.4) is 0 Å². The highest BCUT2D eigenvalue weighted by Gasteiger charge is 2.45. The second-order valence-electron chi connectivity index (χ2n) is 3.99. The third-order valence-corrected chi connectivity index (χ3v) is 2.64. The van der Waals surface area contributed by atoms with E-state index in [1.807, 2.05) is 0 Å². The van der Waals surface area contributed by atoms with Crippen molar-refractivity contribution in [1.82, 2.24) is 0 Å². The van der Waals surface area contributed by atoms with Gasteiger partial charge in [0.15, 0.2) is 6.29 Å². The number of aliphatic hydroxyl groups excluding tert-OH is 1. The first-order chi connectivity index (χ1) is 7.06. The van der Waals surface area contributed by atoms with Crippen LogP contribution in [0, 0.1) is 0 Å². The van der Waals surface area contributed by atoms with Crippen molar-refractivity contribution in [2.75, 3.05) is 0 Å². The molecular weight excluding hydrogens is 200 g/mol. The molecular formula is C10H14O5. The minimum absolute atomic E-state index is 0.139. The molecule has 1 heterocycles. The Balaban J connectivity index is 1.84. The summed E-state index contributed by atoms with van der Waals surface area (Å²) in [5.74, 6) is 0. The number of hydrogen-bond acceptors (Lipinski definition) is 5. The predicted molar refractivity (Wildman–Crippen MR) is 50.1 cm³/mol. The van der Waals surface area contributed by atoms with E-state index in [0.29, 0.717) is 18.4 Å². The third kappa shape index (κ3) is 2.13. The highest BCUT2D eigenvalue weighted by atomic mass is 16.8. The molecule has 0 aromatic rings. The number of fused-ring (bicyclic) bond motifs is 1. The molecule has 1 saturated carbocycles. The smallest absolute Gasteiger partial charge is 0.427 e. The maximum absolute atomic E-state index is 10.7. The van der Waals surface area contributed by atoms with Crippen molar-refractivity contribution in [3.05, 3.63) is 12.2 Å². The van der Waals surface area contributed by atoms with Gasteiger partial charge in [0.05, 0.1) is 6.10 Å². The molecule has 1 N–H and O–H groups in total. The zero-order valence-corrected chi connectivity index (χ0v) is 8.51. The summed E-state index contributed by atoms with van der Waals surface area (Å²) in [6.45, 7) is 5.28. The van der Waals surface area contributed by atoms with Crippen LogP contribution in [-0.4, -0.2) is 35.9 Å². The summed E-state index contributed by atoms with van der Waals surface area (Å²) in [5.41, 5.74) is 0.560. The molecule has 2 aliphatic rings. The fourth-order valence-corrected chi connectivity index (χ4v) is 1.85. The Hall–Kier alpha value is -1.07. The van der Waals surface area contributed by atoms with Crippen LogP contribution < -0.4 is 0 Å². The molecule has 1 aliphatic carbocycles. The summed E-state index contributed by atoms with van der Waals surface area (Å²) in [6.07, 6.45) is -1.01. The summed E-state index contributed by atoms with van der Waals surface area (Å²) in [4.78, 5) is 10.7. The van der Waals surface area contributed by atoms with Gasteiger partial charge in [-0.25, -0.2) is 4.79 Å². The van der Waals surface area contributed by atoms with E-state index in [9.17, 15) is 9.90 Å². The molecule has 0 amide bonds. The van der Waals surface area contributed by atoms with Crippen LogP contribution in [0.15, 0.2) is 12.2 Å². The molecule has 0 bridgehead atoms. The normalized spacial score (nSPS) is 35.6. The van der Waals surface area contributed by atoms with E-state index in [0.717, 1.165) is 0 Å². The van der Waals surface area contributed by atoms with Gasteiger partial charge in [0, 0.05) is 12.8 Å².